The summed E-state index contributed by atoms with van der Waals surface area (Å²) in [5, 5.41) is 1.80. The standard InChI is InChI=1S/C11H14N2O2/c14-9-4-5-11(15)10(8-9)13-7-3-1-2-6-12-13/h4-5,8,12H,1-3,6-7H2. The Kier molecular flexibility index (Phi) is 2.97. The average Bonchev–Trinajstić information content (AvgIpc) is 2.50. The summed E-state index contributed by atoms with van der Waals surface area (Å²) in [5.41, 5.74) is 3.64. The van der Waals surface area contributed by atoms with E-state index in [9.17, 15) is 9.59 Å². The maximum absolute atomic E-state index is 11.6. The molecule has 4 heteroatoms. The molecule has 1 N–H and O–H groups in total. The van der Waals surface area contributed by atoms with Crippen molar-refractivity contribution >= 4 is 11.6 Å². The molecular formula is C11H14N2O2. The van der Waals surface area contributed by atoms with E-state index in [2.05, 4.69) is 5.43 Å². The smallest absolute Gasteiger partial charge is 0.203 e. The highest BCUT2D eigenvalue weighted by molar-refractivity contribution is 6.16. The van der Waals surface area contributed by atoms with E-state index in [1.807, 2.05) is 0 Å². The van der Waals surface area contributed by atoms with Gasteiger partial charge in [0.25, 0.3) is 0 Å². The average molecular weight is 206 g/mol. The first kappa shape index (κ1) is 10.1. The lowest BCUT2D eigenvalue weighted by Gasteiger charge is -2.25. The molecule has 0 atom stereocenters. The topological polar surface area (TPSA) is 49.4 Å². The van der Waals surface area contributed by atoms with Crippen LogP contribution >= 0.6 is 0 Å². The maximum atomic E-state index is 11.6. The van der Waals surface area contributed by atoms with Gasteiger partial charge >= 0.3 is 0 Å². The van der Waals surface area contributed by atoms with Gasteiger partial charge in [0, 0.05) is 19.2 Å². The Morgan fingerprint density at radius 2 is 2.00 bits per heavy atom. The molecule has 15 heavy (non-hydrogen) atoms. The number of nitrogens with zero attached hydrogens (tertiary/aromatic N) is 1. The SMILES string of the molecule is O=C1C=CC(=O)C(N2CCCCCN2)=C1. The second kappa shape index (κ2) is 4.40. The number of carbonyl (C=O) groups excluding carboxylic acids is 2. The Hall–Kier alpha value is -1.42. The molecule has 0 bridgehead atoms. The van der Waals surface area contributed by atoms with Crippen LogP contribution in [0.4, 0.5) is 0 Å². The third-order valence-corrected chi connectivity index (χ3v) is 2.58. The molecular weight excluding hydrogens is 192 g/mol. The summed E-state index contributed by atoms with van der Waals surface area (Å²) in [7, 11) is 0. The number of hydrogen-bond acceptors (Lipinski definition) is 4. The Balaban J connectivity index is 2.14. The Morgan fingerprint density at radius 1 is 1.13 bits per heavy atom. The normalized spacial score (nSPS) is 22.7. The van der Waals surface area contributed by atoms with Crippen LogP contribution in [0.15, 0.2) is 23.9 Å². The number of nitrogens with one attached hydrogen (secondary N) is 1. The van der Waals surface area contributed by atoms with Gasteiger partial charge in [-0.2, -0.15) is 0 Å². The highest BCUT2D eigenvalue weighted by Crippen LogP contribution is 2.13. The molecule has 0 aromatic rings. The summed E-state index contributed by atoms with van der Waals surface area (Å²) in [6, 6.07) is 0. The maximum Gasteiger partial charge on any atom is 0.203 e. The quantitative estimate of drug-likeness (QED) is 0.637. The molecule has 0 aromatic carbocycles. The van der Waals surface area contributed by atoms with Gasteiger partial charge in [-0.05, 0) is 25.0 Å². The number of allylic oxidation sites excluding steroid dienone is 3. The molecule has 4 nitrogen and oxygen atoms in total. The molecule has 1 fully saturated rings. The third kappa shape index (κ3) is 2.33. The minimum atomic E-state index is -0.115. The van der Waals surface area contributed by atoms with Crippen molar-refractivity contribution in [1.82, 2.24) is 10.4 Å². The van der Waals surface area contributed by atoms with Crippen molar-refractivity contribution in [3.05, 3.63) is 23.9 Å². The lowest BCUT2D eigenvalue weighted by atomic mass is 10.1. The Morgan fingerprint density at radius 3 is 2.87 bits per heavy atom. The number of ketones is 2. The predicted octanol–water partition coefficient (Wildman–Crippen LogP) is 0.569. The van der Waals surface area contributed by atoms with Gasteiger partial charge in [-0.1, -0.05) is 6.42 Å². The van der Waals surface area contributed by atoms with Crippen LogP contribution < -0.4 is 5.43 Å². The van der Waals surface area contributed by atoms with Crippen molar-refractivity contribution in [3.63, 3.8) is 0 Å². The first-order chi connectivity index (χ1) is 7.27. The van der Waals surface area contributed by atoms with Crippen molar-refractivity contribution < 1.29 is 9.59 Å². The summed E-state index contributed by atoms with van der Waals surface area (Å²) in [4.78, 5) is 22.7. The fourth-order valence-electron chi connectivity index (χ4n) is 1.78. The Labute approximate surface area is 88.6 Å². The Bertz CT molecular complexity index is 336. The molecule has 0 radical (unpaired) electrons. The molecule has 0 amide bonds. The van der Waals surface area contributed by atoms with E-state index in [0.717, 1.165) is 32.4 Å². The van der Waals surface area contributed by atoms with E-state index >= 15 is 0 Å². The van der Waals surface area contributed by atoms with Gasteiger partial charge in [0.2, 0.25) is 5.78 Å². The van der Waals surface area contributed by atoms with Crippen LogP contribution in [0.5, 0.6) is 0 Å². The van der Waals surface area contributed by atoms with Crippen molar-refractivity contribution in [2.24, 2.45) is 0 Å². The van der Waals surface area contributed by atoms with E-state index in [1.54, 1.807) is 5.01 Å². The first-order valence-electron chi connectivity index (χ1n) is 5.26. The van der Waals surface area contributed by atoms with Crippen molar-refractivity contribution in [2.75, 3.05) is 13.1 Å². The molecule has 1 saturated heterocycles. The summed E-state index contributed by atoms with van der Waals surface area (Å²) in [6.45, 7) is 1.65. The first-order valence-corrected chi connectivity index (χ1v) is 5.26. The monoisotopic (exact) mass is 206 g/mol. The van der Waals surface area contributed by atoms with Crippen LogP contribution in [0.2, 0.25) is 0 Å². The van der Waals surface area contributed by atoms with Gasteiger partial charge in [-0.15, -0.1) is 0 Å². The van der Waals surface area contributed by atoms with E-state index in [0.29, 0.717) is 5.70 Å². The molecule has 1 aliphatic carbocycles. The fourth-order valence-corrected chi connectivity index (χ4v) is 1.78. The zero-order valence-corrected chi connectivity index (χ0v) is 8.53. The van der Waals surface area contributed by atoms with Gasteiger partial charge in [0.15, 0.2) is 5.78 Å². The van der Waals surface area contributed by atoms with Crippen molar-refractivity contribution in [1.29, 1.82) is 0 Å². The van der Waals surface area contributed by atoms with E-state index in [4.69, 9.17) is 0 Å². The largest absolute Gasteiger partial charge is 0.305 e. The van der Waals surface area contributed by atoms with Gasteiger partial charge < -0.3 is 5.01 Å². The highest BCUT2D eigenvalue weighted by Gasteiger charge is 2.20. The van der Waals surface area contributed by atoms with Crippen molar-refractivity contribution in [3.8, 4) is 0 Å². The molecule has 80 valence electrons. The van der Waals surface area contributed by atoms with Crippen molar-refractivity contribution in [2.45, 2.75) is 19.3 Å². The molecule has 1 heterocycles. The van der Waals surface area contributed by atoms with Crippen LogP contribution in [0.25, 0.3) is 0 Å². The molecule has 0 unspecified atom stereocenters. The molecule has 1 aliphatic heterocycles. The minimum Gasteiger partial charge on any atom is -0.305 e. The zero-order chi connectivity index (χ0) is 10.7. The van der Waals surface area contributed by atoms with Crippen LogP contribution in [0, 0.1) is 0 Å². The number of rotatable bonds is 1. The summed E-state index contributed by atoms with van der Waals surface area (Å²) in [5.74, 6) is -0.209. The zero-order valence-electron chi connectivity index (χ0n) is 8.53. The molecule has 2 aliphatic rings. The van der Waals surface area contributed by atoms with Crippen LogP contribution in [-0.2, 0) is 9.59 Å². The second-order valence-electron chi connectivity index (χ2n) is 3.75. The predicted molar refractivity (Wildman–Crippen MR) is 55.8 cm³/mol. The van der Waals surface area contributed by atoms with Gasteiger partial charge in [-0.3, -0.25) is 9.59 Å². The highest BCUT2D eigenvalue weighted by atomic mass is 16.1. The number of carbonyl (C=O) groups is 2. The second-order valence-corrected chi connectivity index (χ2v) is 3.75. The lowest BCUT2D eigenvalue weighted by Crippen LogP contribution is -2.40. The summed E-state index contributed by atoms with van der Waals surface area (Å²) < 4.78 is 0. The number of hydrazine groups is 1. The molecule has 0 saturated carbocycles. The molecule has 0 aromatic heterocycles. The molecule has 0 spiro atoms. The summed E-state index contributed by atoms with van der Waals surface area (Å²) >= 11 is 0. The van der Waals surface area contributed by atoms with E-state index in [1.165, 1.54) is 18.2 Å². The molecule has 2 rings (SSSR count). The van der Waals surface area contributed by atoms with Gasteiger partial charge in [0.1, 0.15) is 5.70 Å². The van der Waals surface area contributed by atoms with Gasteiger partial charge in [0.05, 0.1) is 0 Å². The van der Waals surface area contributed by atoms with E-state index in [-0.39, 0.29) is 11.6 Å². The van der Waals surface area contributed by atoms with Crippen LogP contribution in [0.1, 0.15) is 19.3 Å². The van der Waals surface area contributed by atoms with Gasteiger partial charge in [-0.25, -0.2) is 5.43 Å². The number of hydrogen-bond donors (Lipinski definition) is 1. The summed E-state index contributed by atoms with van der Waals surface area (Å²) in [6.07, 6.45) is 7.38. The third-order valence-electron chi connectivity index (χ3n) is 2.58. The van der Waals surface area contributed by atoms with E-state index < -0.39 is 0 Å². The minimum absolute atomic E-state index is 0.0935. The fraction of sp³-hybridized carbons (Fsp3) is 0.455. The van der Waals surface area contributed by atoms with Crippen LogP contribution in [-0.4, -0.2) is 29.7 Å². The lowest BCUT2D eigenvalue weighted by molar-refractivity contribution is -0.116. The van der Waals surface area contributed by atoms with Crippen LogP contribution in [0.3, 0.4) is 0 Å².